The highest BCUT2D eigenvalue weighted by molar-refractivity contribution is 5.94. The van der Waals surface area contributed by atoms with Crippen molar-refractivity contribution in [3.05, 3.63) is 46.5 Å². The van der Waals surface area contributed by atoms with Gasteiger partial charge in [-0.1, -0.05) is 6.07 Å². The quantitative estimate of drug-likeness (QED) is 0.869. The third-order valence-electron chi connectivity index (χ3n) is 5.29. The number of ether oxygens (including phenoxy) is 1. The summed E-state index contributed by atoms with van der Waals surface area (Å²) >= 11 is 0. The smallest absolute Gasteiger partial charge is 0.306 e. The maximum atomic E-state index is 14.5. The topological polar surface area (TPSA) is 84.7 Å². The molecule has 148 valence electrons. The molecule has 0 radical (unpaired) electrons. The van der Waals surface area contributed by atoms with Crippen molar-refractivity contribution < 1.29 is 23.8 Å². The zero-order valence-corrected chi connectivity index (χ0v) is 15.7. The molecule has 4 rings (SSSR count). The number of morpholine rings is 1. The molecule has 1 unspecified atom stereocenters. The molecule has 1 amide bonds. The molecule has 0 bridgehead atoms. The number of carbonyl (C=O) groups excluding carboxylic acids is 1. The Kier molecular flexibility index (Phi) is 4.89. The molecule has 1 saturated heterocycles. The summed E-state index contributed by atoms with van der Waals surface area (Å²) in [7, 11) is 0. The van der Waals surface area contributed by atoms with E-state index in [4.69, 9.17) is 9.84 Å². The fourth-order valence-electron chi connectivity index (χ4n) is 3.96. The molecule has 28 heavy (non-hydrogen) atoms. The van der Waals surface area contributed by atoms with Gasteiger partial charge in [0.2, 0.25) is 0 Å². The molecule has 7 nitrogen and oxygen atoms in total. The maximum Gasteiger partial charge on any atom is 0.306 e. The van der Waals surface area contributed by atoms with E-state index in [0.717, 1.165) is 36.1 Å². The Morgan fingerprint density at radius 2 is 2.18 bits per heavy atom. The van der Waals surface area contributed by atoms with Gasteiger partial charge >= 0.3 is 5.97 Å². The molecular formula is C20H22FN3O4. The number of benzene rings is 1. The summed E-state index contributed by atoms with van der Waals surface area (Å²) in [5.74, 6) is -1.58. The van der Waals surface area contributed by atoms with Gasteiger partial charge in [-0.15, -0.1) is 0 Å². The Balaban J connectivity index is 1.65. The van der Waals surface area contributed by atoms with Crippen LogP contribution < -0.4 is 0 Å². The summed E-state index contributed by atoms with van der Waals surface area (Å²) in [5.41, 5.74) is 3.24. The van der Waals surface area contributed by atoms with E-state index < -0.39 is 12.1 Å². The van der Waals surface area contributed by atoms with E-state index in [2.05, 4.69) is 5.10 Å². The molecule has 1 aromatic heterocycles. The van der Waals surface area contributed by atoms with Gasteiger partial charge in [0, 0.05) is 24.3 Å². The van der Waals surface area contributed by atoms with Gasteiger partial charge in [0.1, 0.15) is 11.5 Å². The van der Waals surface area contributed by atoms with Gasteiger partial charge in [-0.05, 0) is 43.9 Å². The normalized spacial score (nSPS) is 18.9. The molecule has 1 N–H and O–H groups in total. The molecule has 1 atom stereocenters. The van der Waals surface area contributed by atoms with Gasteiger partial charge in [0.05, 0.1) is 19.1 Å². The lowest BCUT2D eigenvalue weighted by atomic mass is 10.1. The fraction of sp³-hybridized carbons (Fsp3) is 0.450. The van der Waals surface area contributed by atoms with Crippen molar-refractivity contribution in [2.24, 2.45) is 0 Å². The van der Waals surface area contributed by atoms with Gasteiger partial charge in [-0.3, -0.25) is 9.59 Å². The number of amides is 1. The minimum atomic E-state index is -0.959. The Morgan fingerprint density at radius 1 is 1.36 bits per heavy atom. The van der Waals surface area contributed by atoms with Crippen LogP contribution >= 0.6 is 0 Å². The van der Waals surface area contributed by atoms with Gasteiger partial charge in [-0.25, -0.2) is 9.07 Å². The van der Waals surface area contributed by atoms with Crippen LogP contribution in [-0.2, 0) is 22.4 Å². The van der Waals surface area contributed by atoms with Crippen molar-refractivity contribution in [2.75, 3.05) is 19.7 Å². The van der Waals surface area contributed by atoms with Crippen LogP contribution in [0.2, 0.25) is 0 Å². The Bertz CT molecular complexity index is 940. The van der Waals surface area contributed by atoms with Crippen molar-refractivity contribution in [1.82, 2.24) is 14.7 Å². The number of hydrogen-bond acceptors (Lipinski definition) is 4. The van der Waals surface area contributed by atoms with Crippen LogP contribution in [0.25, 0.3) is 5.69 Å². The second-order valence-corrected chi connectivity index (χ2v) is 7.34. The van der Waals surface area contributed by atoms with E-state index in [1.54, 1.807) is 15.6 Å². The number of nitrogens with zero attached hydrogens (tertiary/aromatic N) is 3. The molecular weight excluding hydrogens is 365 g/mol. The Morgan fingerprint density at radius 3 is 2.93 bits per heavy atom. The van der Waals surface area contributed by atoms with E-state index in [1.807, 2.05) is 13.0 Å². The average molecular weight is 387 g/mol. The summed E-state index contributed by atoms with van der Waals surface area (Å²) in [5, 5.41) is 13.5. The first-order valence-corrected chi connectivity index (χ1v) is 9.44. The SMILES string of the molecule is Cc1ccc(-n2nc(C(=O)N3CCOC(CC(=O)O)C3)c3c2CCC3)c(F)c1. The van der Waals surface area contributed by atoms with Gasteiger partial charge in [-0.2, -0.15) is 5.10 Å². The van der Waals surface area contributed by atoms with Crippen LogP contribution in [0.4, 0.5) is 4.39 Å². The van der Waals surface area contributed by atoms with Gasteiger partial charge in [0.25, 0.3) is 5.91 Å². The van der Waals surface area contributed by atoms with Crippen LogP contribution in [0.15, 0.2) is 18.2 Å². The number of hydrogen-bond donors (Lipinski definition) is 1. The summed E-state index contributed by atoms with van der Waals surface area (Å²) in [6.07, 6.45) is 1.69. The lowest BCUT2D eigenvalue weighted by Gasteiger charge is -2.32. The third kappa shape index (κ3) is 3.40. The Labute approximate surface area is 161 Å². The van der Waals surface area contributed by atoms with Crippen molar-refractivity contribution in [3.8, 4) is 5.69 Å². The zero-order chi connectivity index (χ0) is 19.8. The largest absolute Gasteiger partial charge is 0.481 e. The molecule has 0 saturated carbocycles. The first-order valence-electron chi connectivity index (χ1n) is 9.44. The molecule has 1 fully saturated rings. The summed E-state index contributed by atoms with van der Waals surface area (Å²) in [6.45, 7) is 2.71. The highest BCUT2D eigenvalue weighted by Crippen LogP contribution is 2.30. The number of aromatic nitrogens is 2. The van der Waals surface area contributed by atoms with E-state index in [-0.39, 0.29) is 24.7 Å². The van der Waals surface area contributed by atoms with E-state index in [0.29, 0.717) is 24.5 Å². The van der Waals surface area contributed by atoms with Crippen LogP contribution in [0.1, 0.15) is 40.2 Å². The number of aliphatic carboxylic acids is 1. The lowest BCUT2D eigenvalue weighted by molar-refractivity contribution is -0.141. The number of fused-ring (bicyclic) bond motifs is 1. The fourth-order valence-corrected chi connectivity index (χ4v) is 3.96. The van der Waals surface area contributed by atoms with Crippen molar-refractivity contribution in [3.63, 3.8) is 0 Å². The number of carboxylic acids is 1. The van der Waals surface area contributed by atoms with Gasteiger partial charge < -0.3 is 14.7 Å². The highest BCUT2D eigenvalue weighted by atomic mass is 19.1. The molecule has 0 spiro atoms. The number of rotatable bonds is 4. The number of carbonyl (C=O) groups is 2. The first-order chi connectivity index (χ1) is 13.4. The molecule has 8 heteroatoms. The van der Waals surface area contributed by atoms with E-state index >= 15 is 0 Å². The van der Waals surface area contributed by atoms with Crippen LogP contribution in [0, 0.1) is 12.7 Å². The summed E-state index contributed by atoms with van der Waals surface area (Å²) < 4.78 is 21.5. The molecule has 1 aliphatic heterocycles. The molecule has 1 aromatic carbocycles. The number of halogens is 1. The van der Waals surface area contributed by atoms with Gasteiger partial charge in [0.15, 0.2) is 5.69 Å². The summed E-state index contributed by atoms with van der Waals surface area (Å²) in [4.78, 5) is 25.7. The molecule has 2 heterocycles. The second-order valence-electron chi connectivity index (χ2n) is 7.34. The minimum Gasteiger partial charge on any atom is -0.481 e. The maximum absolute atomic E-state index is 14.5. The predicted molar refractivity (Wildman–Crippen MR) is 98.2 cm³/mol. The van der Waals surface area contributed by atoms with Crippen molar-refractivity contribution in [1.29, 1.82) is 0 Å². The molecule has 1 aliphatic carbocycles. The average Bonchev–Trinajstić information content (AvgIpc) is 3.24. The number of carboxylic acid groups (broad SMARTS) is 1. The zero-order valence-electron chi connectivity index (χ0n) is 15.7. The van der Waals surface area contributed by atoms with Crippen LogP contribution in [0.5, 0.6) is 0 Å². The van der Waals surface area contributed by atoms with E-state index in [1.165, 1.54) is 6.07 Å². The lowest BCUT2D eigenvalue weighted by Crippen LogP contribution is -2.46. The molecule has 2 aromatic rings. The first kappa shape index (κ1) is 18.6. The predicted octanol–water partition coefficient (Wildman–Crippen LogP) is 2.12. The minimum absolute atomic E-state index is 0.148. The van der Waals surface area contributed by atoms with Crippen molar-refractivity contribution >= 4 is 11.9 Å². The second kappa shape index (κ2) is 7.35. The van der Waals surface area contributed by atoms with E-state index in [9.17, 15) is 14.0 Å². The van der Waals surface area contributed by atoms with Crippen molar-refractivity contribution in [2.45, 2.75) is 38.7 Å². The van der Waals surface area contributed by atoms with Crippen LogP contribution in [0.3, 0.4) is 0 Å². The number of aryl methyl sites for hydroxylation is 1. The highest BCUT2D eigenvalue weighted by Gasteiger charge is 2.33. The standard InChI is InChI=1S/C20H22FN3O4/c1-12-5-6-17(15(21)9-12)24-16-4-2-3-14(16)19(22-24)20(27)23-7-8-28-13(11-23)10-18(25)26/h5-6,9,13H,2-4,7-8,10-11H2,1H3,(H,25,26). The summed E-state index contributed by atoms with van der Waals surface area (Å²) in [6, 6.07) is 4.96. The van der Waals surface area contributed by atoms with Crippen LogP contribution in [-0.4, -0.2) is 57.5 Å². The third-order valence-corrected chi connectivity index (χ3v) is 5.29. The Hall–Kier alpha value is -2.74. The monoisotopic (exact) mass is 387 g/mol. The molecule has 2 aliphatic rings.